The fourth-order valence-corrected chi connectivity index (χ4v) is 3.33. The summed E-state index contributed by atoms with van der Waals surface area (Å²) in [6.07, 6.45) is 1.69. The molecule has 1 heterocycles. The molecule has 3 atom stereocenters. The fraction of sp³-hybridized carbons (Fsp3) is 1.00. The molecule has 0 N–H and O–H groups in total. The Kier molecular flexibility index (Phi) is 3.65. The van der Waals surface area contributed by atoms with Gasteiger partial charge in [-0.15, -0.1) is 0 Å². The zero-order valence-corrected chi connectivity index (χ0v) is 13.2. The zero-order chi connectivity index (χ0) is 12.8. The van der Waals surface area contributed by atoms with Gasteiger partial charge in [0.2, 0.25) is 0 Å². The van der Waals surface area contributed by atoms with Gasteiger partial charge in [-0.3, -0.25) is 0 Å². The first kappa shape index (κ1) is 14.2. The lowest BCUT2D eigenvalue weighted by Gasteiger charge is -2.39. The summed E-state index contributed by atoms with van der Waals surface area (Å²) in [6, 6.07) is 0. The van der Waals surface area contributed by atoms with Crippen LogP contribution in [0.15, 0.2) is 0 Å². The monoisotopic (exact) mass is 244 g/mol. The van der Waals surface area contributed by atoms with Crippen molar-refractivity contribution in [3.8, 4) is 0 Å². The maximum absolute atomic E-state index is 6.38. The molecule has 0 amide bonds. The molecule has 1 saturated heterocycles. The SMILES string of the molecule is CC[C@@H]1O[C@]1(C)[C@@H](C)O[Si](C)(C)C(C)(C)C. The zero-order valence-electron chi connectivity index (χ0n) is 12.2. The second-order valence-electron chi connectivity index (χ2n) is 6.72. The van der Waals surface area contributed by atoms with Gasteiger partial charge in [0.05, 0.1) is 12.2 Å². The highest BCUT2D eigenvalue weighted by Gasteiger charge is 2.57. The van der Waals surface area contributed by atoms with Gasteiger partial charge in [0, 0.05) is 0 Å². The second kappa shape index (κ2) is 4.11. The van der Waals surface area contributed by atoms with Gasteiger partial charge in [-0.25, -0.2) is 0 Å². The van der Waals surface area contributed by atoms with E-state index >= 15 is 0 Å². The first-order valence-corrected chi connectivity index (χ1v) is 9.31. The molecule has 1 aliphatic rings. The van der Waals surface area contributed by atoms with Crippen LogP contribution in [0.2, 0.25) is 18.1 Å². The van der Waals surface area contributed by atoms with Crippen LogP contribution in [-0.4, -0.2) is 26.1 Å². The lowest BCUT2D eigenvalue weighted by Crippen LogP contribution is -2.47. The van der Waals surface area contributed by atoms with Crippen molar-refractivity contribution in [3.05, 3.63) is 0 Å². The molecule has 0 saturated carbocycles. The molecular weight excluding hydrogens is 216 g/mol. The third-order valence-electron chi connectivity index (χ3n) is 4.43. The molecule has 0 spiro atoms. The Morgan fingerprint density at radius 3 is 2.19 bits per heavy atom. The molecule has 0 bridgehead atoms. The predicted octanol–water partition coefficient (Wildman–Crippen LogP) is 3.96. The van der Waals surface area contributed by atoms with Crippen LogP contribution < -0.4 is 0 Å². The molecule has 0 aromatic rings. The standard InChI is InChI=1S/C13H28O2Si/c1-9-11-13(6,14-11)10(2)15-16(7,8)12(3,4)5/h10-11H,9H2,1-8H3/t10-,11+,13-/m1/s1. The van der Waals surface area contributed by atoms with Crippen LogP contribution in [0.25, 0.3) is 0 Å². The van der Waals surface area contributed by atoms with Crippen LogP contribution >= 0.6 is 0 Å². The van der Waals surface area contributed by atoms with Crippen LogP contribution in [-0.2, 0) is 9.16 Å². The quantitative estimate of drug-likeness (QED) is 0.551. The summed E-state index contributed by atoms with van der Waals surface area (Å²) in [7, 11) is -1.66. The average molecular weight is 244 g/mol. The van der Waals surface area contributed by atoms with Gasteiger partial charge < -0.3 is 9.16 Å². The molecule has 2 nitrogen and oxygen atoms in total. The summed E-state index contributed by atoms with van der Waals surface area (Å²) < 4.78 is 12.1. The first-order chi connectivity index (χ1) is 7.04. The highest BCUT2D eigenvalue weighted by molar-refractivity contribution is 6.74. The highest BCUT2D eigenvalue weighted by Crippen LogP contribution is 2.46. The Hall–Kier alpha value is 0.137. The average Bonchev–Trinajstić information content (AvgIpc) is 2.76. The maximum Gasteiger partial charge on any atom is 0.192 e. The molecule has 1 aliphatic heterocycles. The summed E-state index contributed by atoms with van der Waals surface area (Å²) in [5.74, 6) is 0. The van der Waals surface area contributed by atoms with Gasteiger partial charge in [-0.2, -0.15) is 0 Å². The van der Waals surface area contributed by atoms with E-state index in [1.807, 2.05) is 0 Å². The minimum absolute atomic E-state index is 0.0374. The lowest BCUT2D eigenvalue weighted by molar-refractivity contribution is 0.108. The summed E-state index contributed by atoms with van der Waals surface area (Å²) in [5, 5.41) is 0.272. The first-order valence-electron chi connectivity index (χ1n) is 6.40. The van der Waals surface area contributed by atoms with Crippen molar-refractivity contribution in [1.82, 2.24) is 0 Å². The van der Waals surface area contributed by atoms with E-state index in [0.29, 0.717) is 6.10 Å². The molecule has 0 unspecified atom stereocenters. The third-order valence-corrected chi connectivity index (χ3v) is 8.99. The molecule has 0 aliphatic carbocycles. The molecule has 0 radical (unpaired) electrons. The summed E-state index contributed by atoms with van der Waals surface area (Å²) in [6.45, 7) is 18.0. The maximum atomic E-state index is 6.38. The van der Waals surface area contributed by atoms with Gasteiger partial charge in [-0.05, 0) is 38.4 Å². The molecule has 96 valence electrons. The lowest BCUT2D eigenvalue weighted by atomic mass is 10.0. The van der Waals surface area contributed by atoms with Crippen LogP contribution in [0.4, 0.5) is 0 Å². The Balaban J connectivity index is 2.62. The van der Waals surface area contributed by atoms with E-state index in [1.54, 1.807) is 0 Å². The van der Waals surface area contributed by atoms with E-state index in [1.165, 1.54) is 0 Å². The van der Waals surface area contributed by atoms with Crippen LogP contribution in [0.1, 0.15) is 48.0 Å². The van der Waals surface area contributed by atoms with E-state index in [9.17, 15) is 0 Å². The van der Waals surface area contributed by atoms with Gasteiger partial charge in [0.25, 0.3) is 0 Å². The molecule has 1 rings (SSSR count). The Morgan fingerprint density at radius 1 is 1.38 bits per heavy atom. The minimum atomic E-state index is -1.66. The summed E-state index contributed by atoms with van der Waals surface area (Å²) in [5.41, 5.74) is -0.0374. The molecule has 0 aromatic carbocycles. The topological polar surface area (TPSA) is 21.8 Å². The Labute approximate surface area is 102 Å². The fourth-order valence-electron chi connectivity index (χ4n) is 1.85. The van der Waals surface area contributed by atoms with Crippen molar-refractivity contribution in [2.24, 2.45) is 0 Å². The van der Waals surface area contributed by atoms with Gasteiger partial charge >= 0.3 is 0 Å². The van der Waals surface area contributed by atoms with Crippen LogP contribution in [0.3, 0.4) is 0 Å². The van der Waals surface area contributed by atoms with Crippen molar-refractivity contribution < 1.29 is 9.16 Å². The van der Waals surface area contributed by atoms with Crippen molar-refractivity contribution >= 4 is 8.32 Å². The second-order valence-corrected chi connectivity index (χ2v) is 11.5. The number of epoxide rings is 1. The van der Waals surface area contributed by atoms with Gasteiger partial charge in [-0.1, -0.05) is 27.7 Å². The Morgan fingerprint density at radius 2 is 1.88 bits per heavy atom. The number of ether oxygens (including phenoxy) is 1. The largest absolute Gasteiger partial charge is 0.411 e. The molecule has 1 fully saturated rings. The van der Waals surface area contributed by atoms with E-state index < -0.39 is 8.32 Å². The highest BCUT2D eigenvalue weighted by atomic mass is 28.4. The Bertz CT molecular complexity index is 257. The summed E-state index contributed by atoms with van der Waals surface area (Å²) in [4.78, 5) is 0. The number of hydrogen-bond acceptors (Lipinski definition) is 2. The normalized spacial score (nSPS) is 32.6. The van der Waals surface area contributed by atoms with Gasteiger partial charge in [0.15, 0.2) is 8.32 Å². The third kappa shape index (κ3) is 2.52. The molecular formula is C13H28O2Si. The molecule has 0 aromatic heterocycles. The molecule has 16 heavy (non-hydrogen) atoms. The van der Waals surface area contributed by atoms with Crippen molar-refractivity contribution in [3.63, 3.8) is 0 Å². The predicted molar refractivity (Wildman–Crippen MR) is 71.3 cm³/mol. The van der Waals surface area contributed by atoms with Crippen molar-refractivity contribution in [2.75, 3.05) is 0 Å². The van der Waals surface area contributed by atoms with E-state index in [-0.39, 0.29) is 16.7 Å². The smallest absolute Gasteiger partial charge is 0.192 e. The van der Waals surface area contributed by atoms with Gasteiger partial charge in [0.1, 0.15) is 5.60 Å². The summed E-state index contributed by atoms with van der Waals surface area (Å²) >= 11 is 0. The van der Waals surface area contributed by atoms with E-state index in [0.717, 1.165) is 6.42 Å². The van der Waals surface area contributed by atoms with Crippen LogP contribution in [0, 0.1) is 0 Å². The number of rotatable bonds is 4. The van der Waals surface area contributed by atoms with Crippen molar-refractivity contribution in [1.29, 1.82) is 0 Å². The van der Waals surface area contributed by atoms with Crippen LogP contribution in [0.5, 0.6) is 0 Å². The van der Waals surface area contributed by atoms with Crippen molar-refractivity contribution in [2.45, 2.75) is 83.9 Å². The van der Waals surface area contributed by atoms with E-state index in [4.69, 9.17) is 9.16 Å². The number of hydrogen-bond donors (Lipinski definition) is 0. The molecule has 3 heteroatoms. The minimum Gasteiger partial charge on any atom is -0.411 e. The van der Waals surface area contributed by atoms with E-state index in [2.05, 4.69) is 54.6 Å².